The fourth-order valence-electron chi connectivity index (χ4n) is 4.47. The summed E-state index contributed by atoms with van der Waals surface area (Å²) in [6, 6.07) is -0.289. The topological polar surface area (TPSA) is 154 Å². The number of carboxylic acids is 1. The van der Waals surface area contributed by atoms with Crippen molar-refractivity contribution in [3.8, 4) is 0 Å². The van der Waals surface area contributed by atoms with Crippen molar-refractivity contribution in [2.45, 2.75) is 56.2 Å². The third-order valence-corrected chi connectivity index (χ3v) is 7.40. The molecular weight excluding hydrogens is 422 g/mol. The number of fused-ring (bicyclic) bond motifs is 1. The minimum Gasteiger partial charge on any atom is -0.477 e. The highest BCUT2D eigenvalue weighted by molar-refractivity contribution is 8.03. The van der Waals surface area contributed by atoms with Crippen LogP contribution in [0.25, 0.3) is 0 Å². The van der Waals surface area contributed by atoms with Gasteiger partial charge in [0.15, 0.2) is 0 Å². The van der Waals surface area contributed by atoms with Gasteiger partial charge >= 0.3 is 5.97 Å². The van der Waals surface area contributed by atoms with E-state index < -0.39 is 24.1 Å². The van der Waals surface area contributed by atoms with Crippen LogP contribution in [0.15, 0.2) is 10.6 Å². The number of carbonyl (C=O) groups excluding carboxylic acids is 1. The Morgan fingerprint density at radius 3 is 2.62 bits per heavy atom. The summed E-state index contributed by atoms with van der Waals surface area (Å²) in [4.78, 5) is 26.3. The molecule has 0 aliphatic carbocycles. The number of β-lactam (4-membered cyclic amide) rings is 1. The van der Waals surface area contributed by atoms with Crippen LogP contribution in [0.1, 0.15) is 26.7 Å². The van der Waals surface area contributed by atoms with E-state index in [0.717, 1.165) is 13.0 Å². The largest absolute Gasteiger partial charge is 0.477 e. The van der Waals surface area contributed by atoms with Gasteiger partial charge in [-0.3, -0.25) is 4.79 Å². The van der Waals surface area contributed by atoms with Crippen LogP contribution in [-0.4, -0.2) is 87.3 Å². The van der Waals surface area contributed by atoms with Gasteiger partial charge in [-0.1, -0.05) is 6.92 Å². The Hall–Kier alpha value is -0.880. The second-order valence-electron chi connectivity index (χ2n) is 7.72. The van der Waals surface area contributed by atoms with E-state index in [-0.39, 0.29) is 52.7 Å². The van der Waals surface area contributed by atoms with Gasteiger partial charge in [0.2, 0.25) is 5.91 Å². The van der Waals surface area contributed by atoms with Crippen molar-refractivity contribution in [3.63, 3.8) is 0 Å². The highest BCUT2D eigenvalue weighted by Crippen LogP contribution is 2.51. The Labute approximate surface area is 181 Å². The smallest absolute Gasteiger partial charge is 0.353 e. The average molecular weight is 454 g/mol. The van der Waals surface area contributed by atoms with Crippen molar-refractivity contribution in [1.29, 1.82) is 0 Å². The summed E-state index contributed by atoms with van der Waals surface area (Å²) in [7, 11) is 1.85. The zero-order chi connectivity index (χ0) is 19.9. The molecule has 0 aromatic rings. The predicted molar refractivity (Wildman–Crippen MR) is 113 cm³/mol. The van der Waals surface area contributed by atoms with E-state index in [1.165, 1.54) is 16.7 Å². The van der Waals surface area contributed by atoms with E-state index in [4.69, 9.17) is 0 Å². The molecule has 11 heteroatoms. The zero-order valence-electron chi connectivity index (χ0n) is 16.8. The molecule has 0 aromatic carbocycles. The molecule has 2 saturated heterocycles. The normalized spacial score (nSPS) is 32.8. The number of carbonyl (C=O) groups is 2. The summed E-state index contributed by atoms with van der Waals surface area (Å²) in [6.45, 7) is 4.94. The van der Waals surface area contributed by atoms with E-state index in [2.05, 4.69) is 10.6 Å². The van der Waals surface area contributed by atoms with Crippen molar-refractivity contribution in [1.82, 2.24) is 15.5 Å². The third kappa shape index (κ3) is 4.73. The molecule has 9 nitrogen and oxygen atoms in total. The number of aliphatic hydroxyl groups is 2. The molecule has 3 aliphatic rings. The predicted octanol–water partition coefficient (Wildman–Crippen LogP) is -0.829. The van der Waals surface area contributed by atoms with Gasteiger partial charge in [0.25, 0.3) is 0 Å². The first-order valence-corrected chi connectivity index (χ1v) is 10.4. The Morgan fingerprint density at radius 2 is 2.07 bits per heavy atom. The van der Waals surface area contributed by atoms with Crippen LogP contribution >= 0.6 is 24.2 Å². The SMILES string of the molecule is CNCCC(O)C1CC(SC2=C(C(=O)O)N3C(=O)C(C(C)O)C3C2C)CN1.Cl.O. The summed E-state index contributed by atoms with van der Waals surface area (Å²) in [5, 5.41) is 36.4. The Bertz CT molecular complexity index is 649. The quantitative estimate of drug-likeness (QED) is 0.298. The van der Waals surface area contributed by atoms with Crippen LogP contribution < -0.4 is 10.6 Å². The molecule has 168 valence electrons. The first kappa shape index (κ1) is 26.2. The molecule has 2 fully saturated rings. The van der Waals surface area contributed by atoms with E-state index in [1.807, 2.05) is 14.0 Å². The highest BCUT2D eigenvalue weighted by Gasteiger charge is 2.60. The van der Waals surface area contributed by atoms with E-state index >= 15 is 0 Å². The number of hydrogen-bond acceptors (Lipinski definition) is 7. The fraction of sp³-hybridized carbons (Fsp3) is 0.778. The number of aliphatic carboxylic acids is 1. The number of nitrogens with one attached hydrogen (secondary N) is 2. The average Bonchev–Trinajstić information content (AvgIpc) is 3.15. The number of aliphatic hydroxyl groups excluding tert-OH is 2. The van der Waals surface area contributed by atoms with Crippen LogP contribution in [0.3, 0.4) is 0 Å². The van der Waals surface area contributed by atoms with E-state index in [1.54, 1.807) is 6.92 Å². The fourth-order valence-corrected chi connectivity index (χ4v) is 5.96. The lowest BCUT2D eigenvalue weighted by molar-refractivity contribution is -0.163. The third-order valence-electron chi connectivity index (χ3n) is 5.88. The van der Waals surface area contributed by atoms with Crippen LogP contribution in [0.2, 0.25) is 0 Å². The summed E-state index contributed by atoms with van der Waals surface area (Å²) < 4.78 is 0. The second-order valence-corrected chi connectivity index (χ2v) is 9.06. The lowest BCUT2D eigenvalue weighted by atomic mass is 9.79. The van der Waals surface area contributed by atoms with Gasteiger partial charge in [0.05, 0.1) is 24.2 Å². The van der Waals surface area contributed by atoms with Gasteiger partial charge < -0.3 is 36.3 Å². The summed E-state index contributed by atoms with van der Waals surface area (Å²) in [5.41, 5.74) is 0.0681. The summed E-state index contributed by atoms with van der Waals surface area (Å²) in [6.07, 6.45) is 0.168. The number of carboxylic acid groups (broad SMARTS) is 1. The molecule has 29 heavy (non-hydrogen) atoms. The number of thioether (sulfide) groups is 1. The molecular formula is C18H32ClN3O6S. The number of halogens is 1. The molecule has 0 bridgehead atoms. The van der Waals surface area contributed by atoms with E-state index in [0.29, 0.717) is 17.9 Å². The maximum Gasteiger partial charge on any atom is 0.353 e. The molecule has 3 rings (SSSR count). The molecule has 7 unspecified atom stereocenters. The first-order chi connectivity index (χ1) is 12.8. The van der Waals surface area contributed by atoms with Gasteiger partial charge in [0.1, 0.15) is 5.70 Å². The summed E-state index contributed by atoms with van der Waals surface area (Å²) in [5.74, 6) is -2.06. The molecule has 0 aromatic heterocycles. The number of amides is 1. The van der Waals surface area contributed by atoms with Crippen molar-refractivity contribution >= 4 is 36.0 Å². The number of rotatable bonds is 8. The molecule has 7 atom stereocenters. The zero-order valence-corrected chi connectivity index (χ0v) is 18.4. The monoisotopic (exact) mass is 453 g/mol. The first-order valence-electron chi connectivity index (χ1n) is 9.49. The maximum absolute atomic E-state index is 12.4. The van der Waals surface area contributed by atoms with Gasteiger partial charge in [-0.15, -0.1) is 24.2 Å². The molecule has 0 spiro atoms. The van der Waals surface area contributed by atoms with Gasteiger partial charge in [-0.05, 0) is 33.4 Å². The van der Waals surface area contributed by atoms with Crippen LogP contribution in [0.5, 0.6) is 0 Å². The maximum atomic E-state index is 12.4. The lowest BCUT2D eigenvalue weighted by Crippen LogP contribution is -2.63. The van der Waals surface area contributed by atoms with Gasteiger partial charge in [0, 0.05) is 28.7 Å². The Morgan fingerprint density at radius 1 is 1.41 bits per heavy atom. The van der Waals surface area contributed by atoms with Crippen LogP contribution in [-0.2, 0) is 9.59 Å². The van der Waals surface area contributed by atoms with Crippen molar-refractivity contribution in [3.05, 3.63) is 10.6 Å². The Kier molecular flexibility index (Phi) is 9.41. The minimum absolute atomic E-state index is 0. The van der Waals surface area contributed by atoms with Gasteiger partial charge in [-0.2, -0.15) is 0 Å². The Balaban J connectivity index is 0.00000210. The summed E-state index contributed by atoms with van der Waals surface area (Å²) >= 11 is 1.50. The molecule has 1 amide bonds. The number of hydrogen-bond donors (Lipinski definition) is 5. The minimum atomic E-state index is -1.10. The highest BCUT2D eigenvalue weighted by atomic mass is 35.5. The molecule has 3 heterocycles. The van der Waals surface area contributed by atoms with Crippen molar-refractivity contribution in [2.24, 2.45) is 11.8 Å². The second kappa shape index (κ2) is 10.4. The van der Waals surface area contributed by atoms with Gasteiger partial charge in [-0.25, -0.2) is 4.79 Å². The number of nitrogens with zero attached hydrogens (tertiary/aromatic N) is 1. The lowest BCUT2D eigenvalue weighted by Gasteiger charge is -2.46. The van der Waals surface area contributed by atoms with Crippen LogP contribution in [0.4, 0.5) is 0 Å². The molecule has 3 aliphatic heterocycles. The standard InChI is InChI=1S/C18H29N3O5S.ClH.H2O/c1-8-14-13(9(2)22)17(24)21(14)15(18(25)26)16(8)27-10-6-11(20-7-10)12(23)4-5-19-3;;/h8-14,19-20,22-23H,4-7H2,1-3H3,(H,25,26);1H;1H2. The molecule has 7 N–H and O–H groups in total. The van der Waals surface area contributed by atoms with Crippen LogP contribution in [0, 0.1) is 11.8 Å². The van der Waals surface area contributed by atoms with E-state index in [9.17, 15) is 24.9 Å². The van der Waals surface area contributed by atoms with Crippen molar-refractivity contribution < 1.29 is 30.4 Å². The molecule has 0 saturated carbocycles. The molecule has 0 radical (unpaired) electrons. The van der Waals surface area contributed by atoms with Crippen molar-refractivity contribution in [2.75, 3.05) is 20.1 Å².